The first-order valence-corrected chi connectivity index (χ1v) is 5.12. The summed E-state index contributed by atoms with van der Waals surface area (Å²) in [6.07, 6.45) is 0. The molecule has 0 saturated carbocycles. The van der Waals surface area contributed by atoms with Crippen LogP contribution in [0.25, 0.3) is 0 Å². The van der Waals surface area contributed by atoms with Gasteiger partial charge in [-0.05, 0) is 30.2 Å². The quantitative estimate of drug-likeness (QED) is 0.643. The predicted molar refractivity (Wildman–Crippen MR) is 59.7 cm³/mol. The number of hydrogen-bond donors (Lipinski definition) is 1. The molecule has 0 aliphatic rings. The molecule has 0 amide bonds. The first-order valence-electron chi connectivity index (χ1n) is 4.15. The fourth-order valence-electron chi connectivity index (χ4n) is 1.21. The standard InChI is InChI=1S/C10H11Cl2NO/c1-6(14)10(12)9-3-2-8(13)4-7(9)5-11/h2-4,10H,5,13H2,1H3. The predicted octanol–water partition coefficient (Wildman–Crippen LogP) is 2.88. The number of anilines is 1. The van der Waals surface area contributed by atoms with Gasteiger partial charge in [0.25, 0.3) is 0 Å². The molecule has 1 aromatic rings. The first kappa shape index (κ1) is 11.3. The van der Waals surface area contributed by atoms with Crippen LogP contribution in [0.4, 0.5) is 5.69 Å². The number of alkyl halides is 2. The first-order chi connectivity index (χ1) is 6.56. The topological polar surface area (TPSA) is 43.1 Å². The van der Waals surface area contributed by atoms with Crippen LogP contribution in [0.1, 0.15) is 23.4 Å². The number of hydrogen-bond acceptors (Lipinski definition) is 2. The Kier molecular flexibility index (Phi) is 3.78. The highest BCUT2D eigenvalue weighted by Gasteiger charge is 2.16. The fraction of sp³-hybridized carbons (Fsp3) is 0.300. The molecule has 0 bridgehead atoms. The molecule has 0 heterocycles. The maximum Gasteiger partial charge on any atom is 0.152 e. The second-order valence-electron chi connectivity index (χ2n) is 3.07. The van der Waals surface area contributed by atoms with Crippen LogP contribution in [-0.2, 0) is 10.7 Å². The molecule has 1 aromatic carbocycles. The van der Waals surface area contributed by atoms with E-state index in [9.17, 15) is 4.79 Å². The molecular formula is C10H11Cl2NO. The van der Waals surface area contributed by atoms with Gasteiger partial charge < -0.3 is 5.73 Å². The van der Waals surface area contributed by atoms with Gasteiger partial charge in [-0.1, -0.05) is 6.07 Å². The van der Waals surface area contributed by atoms with Gasteiger partial charge in [0.05, 0.1) is 0 Å². The molecule has 0 radical (unpaired) electrons. The van der Waals surface area contributed by atoms with Crippen molar-refractivity contribution in [3.05, 3.63) is 29.3 Å². The molecule has 0 spiro atoms. The summed E-state index contributed by atoms with van der Waals surface area (Å²) < 4.78 is 0. The summed E-state index contributed by atoms with van der Waals surface area (Å²) in [7, 11) is 0. The highest BCUT2D eigenvalue weighted by atomic mass is 35.5. The Morgan fingerprint density at radius 1 is 1.57 bits per heavy atom. The van der Waals surface area contributed by atoms with Crippen molar-refractivity contribution >= 4 is 34.7 Å². The Labute approximate surface area is 93.0 Å². The molecule has 1 atom stereocenters. The zero-order valence-corrected chi connectivity index (χ0v) is 9.27. The largest absolute Gasteiger partial charge is 0.399 e. The lowest BCUT2D eigenvalue weighted by Gasteiger charge is -2.11. The average molecular weight is 232 g/mol. The second-order valence-corrected chi connectivity index (χ2v) is 3.77. The summed E-state index contributed by atoms with van der Waals surface area (Å²) in [6.45, 7) is 1.45. The summed E-state index contributed by atoms with van der Waals surface area (Å²) in [5.74, 6) is 0.208. The summed E-state index contributed by atoms with van der Waals surface area (Å²) in [5, 5.41) is -0.635. The van der Waals surface area contributed by atoms with Crippen LogP contribution in [-0.4, -0.2) is 5.78 Å². The van der Waals surface area contributed by atoms with Crippen molar-refractivity contribution in [3.63, 3.8) is 0 Å². The minimum Gasteiger partial charge on any atom is -0.399 e. The third-order valence-electron chi connectivity index (χ3n) is 1.94. The minimum absolute atomic E-state index is 0.0946. The minimum atomic E-state index is -0.635. The third-order valence-corrected chi connectivity index (χ3v) is 2.77. The zero-order chi connectivity index (χ0) is 10.7. The molecule has 0 aliphatic heterocycles. The van der Waals surface area contributed by atoms with E-state index in [1.54, 1.807) is 18.2 Å². The Morgan fingerprint density at radius 3 is 2.71 bits per heavy atom. The van der Waals surface area contributed by atoms with Crippen LogP contribution in [0.3, 0.4) is 0 Å². The van der Waals surface area contributed by atoms with Crippen molar-refractivity contribution in [1.29, 1.82) is 0 Å². The highest BCUT2D eigenvalue weighted by Crippen LogP contribution is 2.27. The Hall–Kier alpha value is -0.730. The fourth-order valence-corrected chi connectivity index (χ4v) is 1.65. The van der Waals surface area contributed by atoms with Crippen LogP contribution in [0.2, 0.25) is 0 Å². The average Bonchev–Trinajstić information content (AvgIpc) is 2.16. The molecule has 2 N–H and O–H groups in total. The number of nitrogens with two attached hydrogens (primary N) is 1. The van der Waals surface area contributed by atoms with Crippen molar-refractivity contribution in [3.8, 4) is 0 Å². The van der Waals surface area contributed by atoms with E-state index in [0.717, 1.165) is 11.1 Å². The SMILES string of the molecule is CC(=O)C(Cl)c1ccc(N)cc1CCl. The van der Waals surface area contributed by atoms with Gasteiger partial charge in [0.2, 0.25) is 0 Å². The lowest BCUT2D eigenvalue weighted by Crippen LogP contribution is -2.05. The number of halogens is 2. The van der Waals surface area contributed by atoms with Crippen molar-refractivity contribution < 1.29 is 4.79 Å². The lowest BCUT2D eigenvalue weighted by molar-refractivity contribution is -0.116. The number of rotatable bonds is 3. The molecule has 2 nitrogen and oxygen atoms in total. The number of Topliss-reactive ketones (excluding diaryl/α,β-unsaturated/α-hetero) is 1. The van der Waals surface area contributed by atoms with E-state index in [-0.39, 0.29) is 5.78 Å². The summed E-state index contributed by atoms with van der Waals surface area (Å²) in [4.78, 5) is 11.1. The summed E-state index contributed by atoms with van der Waals surface area (Å²) >= 11 is 11.7. The third kappa shape index (κ3) is 2.40. The van der Waals surface area contributed by atoms with E-state index < -0.39 is 5.38 Å². The Morgan fingerprint density at radius 2 is 2.21 bits per heavy atom. The van der Waals surface area contributed by atoms with Gasteiger partial charge in [0.15, 0.2) is 5.78 Å². The Balaban J connectivity index is 3.13. The molecule has 14 heavy (non-hydrogen) atoms. The van der Waals surface area contributed by atoms with Gasteiger partial charge >= 0.3 is 0 Å². The Bertz CT molecular complexity index is 352. The number of carbonyl (C=O) groups is 1. The summed E-state index contributed by atoms with van der Waals surface area (Å²) in [6, 6.07) is 5.19. The maximum atomic E-state index is 11.1. The van der Waals surface area contributed by atoms with E-state index in [1.807, 2.05) is 0 Å². The van der Waals surface area contributed by atoms with Crippen molar-refractivity contribution in [2.24, 2.45) is 0 Å². The number of nitrogen functional groups attached to an aromatic ring is 1. The van der Waals surface area contributed by atoms with Gasteiger partial charge in [-0.3, -0.25) is 4.79 Å². The van der Waals surface area contributed by atoms with Crippen LogP contribution in [0.15, 0.2) is 18.2 Å². The smallest absolute Gasteiger partial charge is 0.152 e. The van der Waals surface area contributed by atoms with Gasteiger partial charge in [0.1, 0.15) is 5.38 Å². The van der Waals surface area contributed by atoms with Gasteiger partial charge in [-0.25, -0.2) is 0 Å². The normalized spacial score (nSPS) is 12.5. The number of benzene rings is 1. The molecular weight excluding hydrogens is 221 g/mol. The highest BCUT2D eigenvalue weighted by molar-refractivity contribution is 6.31. The second kappa shape index (κ2) is 4.67. The van der Waals surface area contributed by atoms with Crippen molar-refractivity contribution in [2.45, 2.75) is 18.2 Å². The van der Waals surface area contributed by atoms with Gasteiger partial charge in [-0.2, -0.15) is 0 Å². The van der Waals surface area contributed by atoms with E-state index in [4.69, 9.17) is 28.9 Å². The van der Waals surface area contributed by atoms with Crippen LogP contribution in [0, 0.1) is 0 Å². The molecule has 1 unspecified atom stereocenters. The van der Waals surface area contributed by atoms with Crippen LogP contribution >= 0.6 is 23.2 Å². The molecule has 4 heteroatoms. The molecule has 76 valence electrons. The lowest BCUT2D eigenvalue weighted by atomic mass is 10.0. The molecule has 0 fully saturated rings. The van der Waals surface area contributed by atoms with Gasteiger partial charge in [-0.15, -0.1) is 23.2 Å². The van der Waals surface area contributed by atoms with Gasteiger partial charge in [0, 0.05) is 11.6 Å². The monoisotopic (exact) mass is 231 g/mol. The molecule has 1 rings (SSSR count). The number of ketones is 1. The van der Waals surface area contributed by atoms with E-state index in [1.165, 1.54) is 6.92 Å². The van der Waals surface area contributed by atoms with Crippen LogP contribution in [0.5, 0.6) is 0 Å². The number of carbonyl (C=O) groups excluding carboxylic acids is 1. The molecule has 0 aromatic heterocycles. The van der Waals surface area contributed by atoms with Crippen LogP contribution < -0.4 is 5.73 Å². The van der Waals surface area contributed by atoms with E-state index in [0.29, 0.717) is 11.6 Å². The van der Waals surface area contributed by atoms with Crippen molar-refractivity contribution in [2.75, 3.05) is 5.73 Å². The van der Waals surface area contributed by atoms with E-state index >= 15 is 0 Å². The zero-order valence-electron chi connectivity index (χ0n) is 7.76. The summed E-state index contributed by atoms with van der Waals surface area (Å²) in [5.41, 5.74) is 7.76. The van der Waals surface area contributed by atoms with E-state index in [2.05, 4.69) is 0 Å². The maximum absolute atomic E-state index is 11.1. The molecule has 0 aliphatic carbocycles. The van der Waals surface area contributed by atoms with Crippen molar-refractivity contribution in [1.82, 2.24) is 0 Å². The molecule has 0 saturated heterocycles.